The minimum absolute atomic E-state index is 0.104. The number of amides is 1. The van der Waals surface area contributed by atoms with Crippen molar-refractivity contribution in [1.29, 1.82) is 0 Å². The van der Waals surface area contributed by atoms with Crippen molar-refractivity contribution in [3.05, 3.63) is 29.8 Å². The number of rotatable bonds is 7. The molecule has 2 N–H and O–H groups in total. The van der Waals surface area contributed by atoms with E-state index in [-0.39, 0.29) is 18.2 Å². The zero-order valence-electron chi connectivity index (χ0n) is 12.0. The van der Waals surface area contributed by atoms with Gasteiger partial charge in [0, 0.05) is 18.7 Å². The van der Waals surface area contributed by atoms with Gasteiger partial charge in [0.2, 0.25) is 5.91 Å². The summed E-state index contributed by atoms with van der Waals surface area (Å²) < 4.78 is 40.8. The summed E-state index contributed by atoms with van der Waals surface area (Å²) in [6, 6.07) is 5.33. The number of ether oxygens (including phenoxy) is 1. The third-order valence-electron chi connectivity index (χ3n) is 2.74. The topological polar surface area (TPSA) is 50.4 Å². The molecule has 1 aromatic rings. The lowest BCUT2D eigenvalue weighted by Gasteiger charge is -2.16. The number of carbonyl (C=O) groups excluding carboxylic acids is 1. The van der Waals surface area contributed by atoms with Gasteiger partial charge >= 0.3 is 6.36 Å². The van der Waals surface area contributed by atoms with Crippen LogP contribution in [0, 0.1) is 0 Å². The van der Waals surface area contributed by atoms with E-state index in [1.54, 1.807) is 13.0 Å². The van der Waals surface area contributed by atoms with Crippen molar-refractivity contribution in [3.8, 4) is 5.75 Å². The SMILES string of the molecule is CCCNC(=O)C(C)NCc1ccccc1OC(F)(F)F. The van der Waals surface area contributed by atoms with Crippen LogP contribution in [0.4, 0.5) is 13.2 Å². The third kappa shape index (κ3) is 6.48. The Morgan fingerprint density at radius 1 is 1.33 bits per heavy atom. The van der Waals surface area contributed by atoms with E-state index in [1.165, 1.54) is 18.2 Å². The molecule has 118 valence electrons. The van der Waals surface area contributed by atoms with Crippen molar-refractivity contribution < 1.29 is 22.7 Å². The van der Waals surface area contributed by atoms with E-state index in [9.17, 15) is 18.0 Å². The Kier molecular flexibility index (Phi) is 6.48. The zero-order chi connectivity index (χ0) is 15.9. The molecule has 1 amide bonds. The maximum absolute atomic E-state index is 12.3. The Morgan fingerprint density at radius 2 is 2.00 bits per heavy atom. The Bertz CT molecular complexity index is 464. The standard InChI is InChI=1S/C14H19F3N2O2/c1-3-8-18-13(20)10(2)19-9-11-6-4-5-7-12(11)21-14(15,16)17/h4-7,10,19H,3,8-9H2,1-2H3,(H,18,20). The molecule has 0 saturated carbocycles. The summed E-state index contributed by atoms with van der Waals surface area (Å²) in [5, 5.41) is 5.58. The van der Waals surface area contributed by atoms with E-state index in [0.717, 1.165) is 6.42 Å². The molecule has 1 aromatic carbocycles. The Balaban J connectivity index is 2.61. The Labute approximate surface area is 121 Å². The molecule has 0 bridgehead atoms. The molecule has 0 saturated heterocycles. The number of benzene rings is 1. The fourth-order valence-electron chi connectivity index (χ4n) is 1.63. The molecule has 1 atom stereocenters. The number of hydrogen-bond acceptors (Lipinski definition) is 3. The molecule has 0 aliphatic heterocycles. The Hall–Kier alpha value is -1.76. The lowest BCUT2D eigenvalue weighted by atomic mass is 10.2. The first-order chi connectivity index (χ1) is 9.83. The summed E-state index contributed by atoms with van der Waals surface area (Å²) in [5.41, 5.74) is 0.338. The van der Waals surface area contributed by atoms with Gasteiger partial charge in [-0.2, -0.15) is 0 Å². The molecule has 0 aromatic heterocycles. The van der Waals surface area contributed by atoms with Gasteiger partial charge in [-0.25, -0.2) is 0 Å². The molecular formula is C14H19F3N2O2. The number of para-hydroxylation sites is 1. The highest BCUT2D eigenvalue weighted by molar-refractivity contribution is 5.81. The molecule has 0 spiro atoms. The summed E-state index contributed by atoms with van der Waals surface area (Å²) in [6.07, 6.45) is -3.92. The second-order valence-corrected chi connectivity index (χ2v) is 4.55. The van der Waals surface area contributed by atoms with Gasteiger partial charge in [-0.05, 0) is 19.4 Å². The number of alkyl halides is 3. The lowest BCUT2D eigenvalue weighted by molar-refractivity contribution is -0.274. The van der Waals surface area contributed by atoms with Gasteiger partial charge in [-0.15, -0.1) is 13.2 Å². The summed E-state index contributed by atoms with van der Waals surface area (Å²) in [7, 11) is 0. The quantitative estimate of drug-likeness (QED) is 0.814. The van der Waals surface area contributed by atoms with Gasteiger partial charge in [-0.1, -0.05) is 25.1 Å². The van der Waals surface area contributed by atoms with Gasteiger partial charge in [0.25, 0.3) is 0 Å². The van der Waals surface area contributed by atoms with Crippen molar-refractivity contribution in [3.63, 3.8) is 0 Å². The minimum Gasteiger partial charge on any atom is -0.405 e. The lowest BCUT2D eigenvalue weighted by Crippen LogP contribution is -2.42. The summed E-state index contributed by atoms with van der Waals surface area (Å²) >= 11 is 0. The van der Waals surface area contributed by atoms with Crippen molar-refractivity contribution >= 4 is 5.91 Å². The highest BCUT2D eigenvalue weighted by Crippen LogP contribution is 2.26. The van der Waals surface area contributed by atoms with Gasteiger partial charge in [0.05, 0.1) is 6.04 Å². The fraction of sp³-hybridized carbons (Fsp3) is 0.500. The second-order valence-electron chi connectivity index (χ2n) is 4.55. The highest BCUT2D eigenvalue weighted by atomic mass is 19.4. The largest absolute Gasteiger partial charge is 0.573 e. The van der Waals surface area contributed by atoms with Crippen LogP contribution in [0.3, 0.4) is 0 Å². The van der Waals surface area contributed by atoms with E-state index >= 15 is 0 Å². The van der Waals surface area contributed by atoms with Crippen LogP contribution < -0.4 is 15.4 Å². The van der Waals surface area contributed by atoms with Crippen LogP contribution >= 0.6 is 0 Å². The van der Waals surface area contributed by atoms with Crippen LogP contribution in [0.15, 0.2) is 24.3 Å². The molecule has 7 heteroatoms. The van der Waals surface area contributed by atoms with Crippen LogP contribution in [0.1, 0.15) is 25.8 Å². The maximum atomic E-state index is 12.3. The molecule has 0 aliphatic carbocycles. The van der Waals surface area contributed by atoms with Crippen LogP contribution in [0.2, 0.25) is 0 Å². The average Bonchev–Trinajstić information content (AvgIpc) is 2.41. The van der Waals surface area contributed by atoms with E-state index in [1.807, 2.05) is 6.92 Å². The predicted octanol–water partition coefficient (Wildman–Crippen LogP) is 2.59. The summed E-state index contributed by atoms with van der Waals surface area (Å²) in [4.78, 5) is 11.7. The maximum Gasteiger partial charge on any atom is 0.573 e. The normalized spacial score (nSPS) is 12.8. The number of hydrogen-bond donors (Lipinski definition) is 2. The molecule has 0 heterocycles. The highest BCUT2D eigenvalue weighted by Gasteiger charge is 2.32. The Morgan fingerprint density at radius 3 is 2.62 bits per heavy atom. The summed E-state index contributed by atoms with van der Waals surface area (Å²) in [5.74, 6) is -0.454. The monoisotopic (exact) mass is 304 g/mol. The van der Waals surface area contributed by atoms with Crippen molar-refractivity contribution in [2.45, 2.75) is 39.2 Å². The number of carbonyl (C=O) groups is 1. The van der Waals surface area contributed by atoms with Crippen LogP contribution in [-0.2, 0) is 11.3 Å². The third-order valence-corrected chi connectivity index (χ3v) is 2.74. The molecule has 1 rings (SSSR count). The molecule has 0 fully saturated rings. The molecule has 4 nitrogen and oxygen atoms in total. The smallest absolute Gasteiger partial charge is 0.405 e. The van der Waals surface area contributed by atoms with Gasteiger partial charge < -0.3 is 15.4 Å². The first-order valence-electron chi connectivity index (χ1n) is 6.68. The van der Waals surface area contributed by atoms with Crippen LogP contribution in [0.25, 0.3) is 0 Å². The van der Waals surface area contributed by atoms with Crippen molar-refractivity contribution in [1.82, 2.24) is 10.6 Å². The van der Waals surface area contributed by atoms with Crippen molar-refractivity contribution in [2.75, 3.05) is 6.54 Å². The molecule has 21 heavy (non-hydrogen) atoms. The van der Waals surface area contributed by atoms with E-state index in [0.29, 0.717) is 12.1 Å². The van der Waals surface area contributed by atoms with Crippen molar-refractivity contribution in [2.24, 2.45) is 0 Å². The molecule has 0 radical (unpaired) electrons. The first-order valence-corrected chi connectivity index (χ1v) is 6.68. The summed E-state index contributed by atoms with van der Waals surface area (Å²) in [6.45, 7) is 4.26. The zero-order valence-corrected chi connectivity index (χ0v) is 12.0. The molecule has 1 unspecified atom stereocenters. The second kappa shape index (κ2) is 7.87. The van der Waals surface area contributed by atoms with E-state index in [4.69, 9.17) is 0 Å². The number of nitrogens with one attached hydrogen (secondary N) is 2. The molecular weight excluding hydrogens is 285 g/mol. The molecule has 0 aliphatic rings. The minimum atomic E-state index is -4.74. The number of halogens is 3. The fourth-order valence-corrected chi connectivity index (χ4v) is 1.63. The first kappa shape index (κ1) is 17.3. The van der Waals surface area contributed by atoms with Crippen LogP contribution in [-0.4, -0.2) is 24.9 Å². The van der Waals surface area contributed by atoms with Crippen LogP contribution in [0.5, 0.6) is 5.75 Å². The van der Waals surface area contributed by atoms with E-state index < -0.39 is 12.4 Å². The predicted molar refractivity (Wildman–Crippen MR) is 72.7 cm³/mol. The van der Waals surface area contributed by atoms with Gasteiger partial charge in [-0.3, -0.25) is 4.79 Å². The van der Waals surface area contributed by atoms with E-state index in [2.05, 4.69) is 15.4 Å². The van der Waals surface area contributed by atoms with Gasteiger partial charge in [0.15, 0.2) is 0 Å². The van der Waals surface area contributed by atoms with Gasteiger partial charge in [0.1, 0.15) is 5.75 Å². The average molecular weight is 304 g/mol.